The van der Waals surface area contributed by atoms with Gasteiger partial charge in [0, 0.05) is 0 Å². The molecule has 0 aromatic carbocycles. The second kappa shape index (κ2) is 2.98. The SMILES string of the molecule is CC(C)C1OC2(C)CCC1C(C)C2. The van der Waals surface area contributed by atoms with Gasteiger partial charge in [0.05, 0.1) is 11.7 Å². The zero-order chi connectivity index (χ0) is 9.64. The van der Waals surface area contributed by atoms with Gasteiger partial charge in [-0.2, -0.15) is 0 Å². The third-order valence-electron chi connectivity index (χ3n) is 3.99. The maximum atomic E-state index is 6.20. The van der Waals surface area contributed by atoms with Crippen LogP contribution in [-0.2, 0) is 4.74 Å². The molecule has 0 spiro atoms. The fourth-order valence-electron chi connectivity index (χ4n) is 3.33. The lowest BCUT2D eigenvalue weighted by Gasteiger charge is -2.53. The Labute approximate surface area is 81.9 Å². The third-order valence-corrected chi connectivity index (χ3v) is 3.99. The van der Waals surface area contributed by atoms with E-state index in [1.807, 2.05) is 0 Å². The molecule has 3 aliphatic rings. The van der Waals surface area contributed by atoms with Gasteiger partial charge in [0.2, 0.25) is 0 Å². The van der Waals surface area contributed by atoms with Crippen molar-refractivity contribution in [1.82, 2.24) is 0 Å². The van der Waals surface area contributed by atoms with Gasteiger partial charge in [0.25, 0.3) is 0 Å². The topological polar surface area (TPSA) is 9.23 Å². The van der Waals surface area contributed by atoms with E-state index in [-0.39, 0.29) is 5.60 Å². The standard InChI is InChI=1S/C12H22O/c1-8(2)11-10-5-6-12(4,13-11)7-9(10)3/h8-11H,5-7H2,1-4H3. The first-order valence-electron chi connectivity index (χ1n) is 5.70. The average Bonchev–Trinajstić information content (AvgIpc) is 2.02. The summed E-state index contributed by atoms with van der Waals surface area (Å²) < 4.78 is 6.20. The van der Waals surface area contributed by atoms with E-state index in [1.54, 1.807) is 0 Å². The molecule has 1 aliphatic carbocycles. The predicted molar refractivity (Wildman–Crippen MR) is 54.6 cm³/mol. The predicted octanol–water partition coefficient (Wildman–Crippen LogP) is 3.24. The average molecular weight is 182 g/mol. The van der Waals surface area contributed by atoms with E-state index in [9.17, 15) is 0 Å². The zero-order valence-electron chi connectivity index (χ0n) is 9.34. The van der Waals surface area contributed by atoms with Crippen LogP contribution in [0.2, 0.25) is 0 Å². The fourth-order valence-corrected chi connectivity index (χ4v) is 3.33. The van der Waals surface area contributed by atoms with Crippen molar-refractivity contribution in [2.45, 2.75) is 58.7 Å². The summed E-state index contributed by atoms with van der Waals surface area (Å²) in [6.45, 7) is 9.29. The Hall–Kier alpha value is -0.0400. The van der Waals surface area contributed by atoms with Crippen LogP contribution in [0.5, 0.6) is 0 Å². The summed E-state index contributed by atoms with van der Waals surface area (Å²) in [7, 11) is 0. The Bertz CT molecular complexity index is 199. The normalized spacial score (nSPS) is 50.1. The highest BCUT2D eigenvalue weighted by atomic mass is 16.5. The van der Waals surface area contributed by atoms with E-state index in [0.717, 1.165) is 11.8 Å². The van der Waals surface area contributed by atoms with Gasteiger partial charge in [-0.25, -0.2) is 0 Å². The highest BCUT2D eigenvalue weighted by Gasteiger charge is 2.48. The molecule has 0 radical (unpaired) electrons. The van der Waals surface area contributed by atoms with Gasteiger partial charge in [-0.15, -0.1) is 0 Å². The molecule has 0 aromatic rings. The number of hydrogen-bond acceptors (Lipinski definition) is 1. The van der Waals surface area contributed by atoms with Crippen LogP contribution >= 0.6 is 0 Å². The van der Waals surface area contributed by atoms with Crippen LogP contribution < -0.4 is 0 Å². The van der Waals surface area contributed by atoms with Crippen LogP contribution in [0, 0.1) is 17.8 Å². The number of fused-ring (bicyclic) bond motifs is 3. The third kappa shape index (κ3) is 1.52. The van der Waals surface area contributed by atoms with E-state index >= 15 is 0 Å². The van der Waals surface area contributed by atoms with E-state index in [4.69, 9.17) is 4.74 Å². The van der Waals surface area contributed by atoms with Gasteiger partial charge in [0.1, 0.15) is 0 Å². The summed E-state index contributed by atoms with van der Waals surface area (Å²) >= 11 is 0. The molecule has 76 valence electrons. The summed E-state index contributed by atoms with van der Waals surface area (Å²) in [5.74, 6) is 2.40. The molecular formula is C12H22O. The van der Waals surface area contributed by atoms with Crippen molar-refractivity contribution in [2.24, 2.45) is 17.8 Å². The second-order valence-corrected chi connectivity index (χ2v) is 5.66. The van der Waals surface area contributed by atoms with Crippen LogP contribution in [-0.4, -0.2) is 11.7 Å². The van der Waals surface area contributed by atoms with Crippen molar-refractivity contribution < 1.29 is 4.74 Å². The van der Waals surface area contributed by atoms with Crippen LogP contribution in [0.1, 0.15) is 47.0 Å². The molecule has 1 saturated carbocycles. The van der Waals surface area contributed by atoms with Gasteiger partial charge in [-0.1, -0.05) is 20.8 Å². The minimum absolute atomic E-state index is 0.211. The van der Waals surface area contributed by atoms with Crippen molar-refractivity contribution in [1.29, 1.82) is 0 Å². The zero-order valence-corrected chi connectivity index (χ0v) is 9.34. The first-order valence-corrected chi connectivity index (χ1v) is 5.70. The molecule has 2 heterocycles. The van der Waals surface area contributed by atoms with Crippen LogP contribution in [0.15, 0.2) is 0 Å². The van der Waals surface area contributed by atoms with E-state index in [1.165, 1.54) is 19.3 Å². The van der Waals surface area contributed by atoms with Gasteiger partial charge in [-0.3, -0.25) is 0 Å². The van der Waals surface area contributed by atoms with Gasteiger partial charge in [-0.05, 0) is 43.9 Å². The highest BCUT2D eigenvalue weighted by Crippen LogP contribution is 2.49. The summed E-state index contributed by atoms with van der Waals surface area (Å²) in [6, 6.07) is 0. The summed E-state index contributed by atoms with van der Waals surface area (Å²) in [6.07, 6.45) is 4.48. The monoisotopic (exact) mass is 182 g/mol. The molecule has 3 fully saturated rings. The lowest BCUT2D eigenvalue weighted by molar-refractivity contribution is -0.217. The summed E-state index contributed by atoms with van der Waals surface area (Å²) in [5, 5.41) is 0. The lowest BCUT2D eigenvalue weighted by atomic mass is 9.66. The van der Waals surface area contributed by atoms with Crippen LogP contribution in [0.25, 0.3) is 0 Å². The Morgan fingerprint density at radius 1 is 1.38 bits per heavy atom. The Balaban J connectivity index is 2.17. The number of ether oxygens (including phenoxy) is 1. The highest BCUT2D eigenvalue weighted by molar-refractivity contribution is 4.97. The minimum atomic E-state index is 0.211. The van der Waals surface area contributed by atoms with Crippen LogP contribution in [0.3, 0.4) is 0 Å². The minimum Gasteiger partial charge on any atom is -0.371 e. The van der Waals surface area contributed by atoms with Crippen molar-refractivity contribution in [2.75, 3.05) is 0 Å². The fraction of sp³-hybridized carbons (Fsp3) is 1.00. The maximum absolute atomic E-state index is 6.20. The summed E-state index contributed by atoms with van der Waals surface area (Å²) in [4.78, 5) is 0. The molecule has 2 saturated heterocycles. The molecule has 1 nitrogen and oxygen atoms in total. The largest absolute Gasteiger partial charge is 0.371 e. The van der Waals surface area contributed by atoms with Gasteiger partial charge >= 0.3 is 0 Å². The second-order valence-electron chi connectivity index (χ2n) is 5.66. The molecule has 13 heavy (non-hydrogen) atoms. The van der Waals surface area contributed by atoms with E-state index < -0.39 is 0 Å². The molecule has 0 N–H and O–H groups in total. The first-order chi connectivity index (χ1) is 6.02. The molecule has 2 bridgehead atoms. The molecule has 1 heteroatoms. The van der Waals surface area contributed by atoms with E-state index in [0.29, 0.717) is 12.0 Å². The smallest absolute Gasteiger partial charge is 0.0661 e. The molecule has 3 rings (SSSR count). The quantitative estimate of drug-likeness (QED) is 0.605. The van der Waals surface area contributed by atoms with Crippen molar-refractivity contribution >= 4 is 0 Å². The number of rotatable bonds is 1. The number of hydrogen-bond donors (Lipinski definition) is 0. The Morgan fingerprint density at radius 3 is 2.54 bits per heavy atom. The lowest BCUT2D eigenvalue weighted by Crippen LogP contribution is -2.53. The Kier molecular flexibility index (Phi) is 2.18. The van der Waals surface area contributed by atoms with Crippen molar-refractivity contribution in [3.63, 3.8) is 0 Å². The van der Waals surface area contributed by atoms with Crippen molar-refractivity contribution in [3.8, 4) is 0 Å². The molecule has 2 aliphatic heterocycles. The molecule has 0 aromatic heterocycles. The Morgan fingerprint density at radius 2 is 2.08 bits per heavy atom. The van der Waals surface area contributed by atoms with Crippen molar-refractivity contribution in [3.05, 3.63) is 0 Å². The van der Waals surface area contributed by atoms with Gasteiger partial charge < -0.3 is 4.74 Å². The molecule has 0 amide bonds. The van der Waals surface area contributed by atoms with Crippen LogP contribution in [0.4, 0.5) is 0 Å². The maximum Gasteiger partial charge on any atom is 0.0661 e. The summed E-state index contributed by atoms with van der Waals surface area (Å²) in [5.41, 5.74) is 0.211. The first kappa shape index (κ1) is 9.51. The molecular weight excluding hydrogens is 160 g/mol. The van der Waals surface area contributed by atoms with E-state index in [2.05, 4.69) is 27.7 Å². The molecule has 4 atom stereocenters. The van der Waals surface area contributed by atoms with Gasteiger partial charge in [0.15, 0.2) is 0 Å². The molecule has 4 unspecified atom stereocenters.